The van der Waals surface area contributed by atoms with Gasteiger partial charge in [0.15, 0.2) is 0 Å². The summed E-state index contributed by atoms with van der Waals surface area (Å²) in [5, 5.41) is 12.2. The molecule has 1 fully saturated rings. The molecule has 0 radical (unpaired) electrons. The fraction of sp³-hybridized carbons (Fsp3) is 0.391. The quantitative estimate of drug-likeness (QED) is 0.611. The average Bonchev–Trinajstić information content (AvgIpc) is 3.17. The molecule has 4 rings (SSSR count). The third kappa shape index (κ3) is 5.15. The Morgan fingerprint density at radius 2 is 2.00 bits per heavy atom. The van der Waals surface area contributed by atoms with Gasteiger partial charge in [0.2, 0.25) is 0 Å². The number of hydrogen-bond acceptors (Lipinski definition) is 4. The third-order valence-corrected chi connectivity index (χ3v) is 6.33. The van der Waals surface area contributed by atoms with Crippen molar-refractivity contribution in [1.29, 1.82) is 5.26 Å². The van der Waals surface area contributed by atoms with Crippen LogP contribution in [0.2, 0.25) is 0 Å². The van der Waals surface area contributed by atoms with Gasteiger partial charge in [-0.15, -0.1) is 12.4 Å². The van der Waals surface area contributed by atoms with Crippen molar-refractivity contribution in [2.24, 2.45) is 5.92 Å². The second-order valence-electron chi connectivity index (χ2n) is 7.77. The Balaban J connectivity index is 0.00000256. The predicted molar refractivity (Wildman–Crippen MR) is 122 cm³/mol. The fourth-order valence-corrected chi connectivity index (χ4v) is 4.53. The van der Waals surface area contributed by atoms with E-state index in [1.165, 1.54) is 5.56 Å². The second-order valence-corrected chi connectivity index (χ2v) is 8.69. The van der Waals surface area contributed by atoms with E-state index in [0.717, 1.165) is 49.3 Å². The van der Waals surface area contributed by atoms with E-state index in [-0.39, 0.29) is 18.3 Å². The highest BCUT2D eigenvalue weighted by Crippen LogP contribution is 2.41. The third-order valence-electron chi connectivity index (χ3n) is 5.80. The van der Waals surface area contributed by atoms with E-state index in [1.807, 2.05) is 42.5 Å². The van der Waals surface area contributed by atoms with Gasteiger partial charge in [-0.1, -0.05) is 15.9 Å². The number of halogens is 2. The number of rotatable bonds is 6. The molecule has 0 saturated carbocycles. The van der Waals surface area contributed by atoms with E-state index in [1.54, 1.807) is 0 Å². The molecule has 2 aliphatic heterocycles. The molecule has 2 aliphatic rings. The predicted octanol–water partition coefficient (Wildman–Crippen LogP) is 4.36. The molecule has 1 amide bonds. The topological polar surface area (TPSA) is 65.4 Å². The van der Waals surface area contributed by atoms with Crippen molar-refractivity contribution < 1.29 is 9.53 Å². The number of benzene rings is 2. The molecule has 158 valence electrons. The summed E-state index contributed by atoms with van der Waals surface area (Å²) in [4.78, 5) is 14.6. The highest BCUT2D eigenvalue weighted by molar-refractivity contribution is 9.10. The van der Waals surface area contributed by atoms with Crippen LogP contribution in [-0.2, 0) is 0 Å². The van der Waals surface area contributed by atoms with Crippen LogP contribution < -0.4 is 10.1 Å². The van der Waals surface area contributed by atoms with Gasteiger partial charge in [-0.05, 0) is 61.9 Å². The molecule has 0 bridgehead atoms. The standard InChI is InChI=1S/C23H24BrN3O2.ClH/c24-19-6-4-17(5-7-19)23(28)26-9-1-2-10-27-13-18-15-29-22-8-3-16(12-25)11-20(22)21(18)14-27;/h3-8,11,18,21H,1-2,9-10,13-15H2,(H,26,28);1H/t18-,21+;/m0./s1. The molecule has 0 unspecified atom stereocenters. The summed E-state index contributed by atoms with van der Waals surface area (Å²) in [6.45, 7) is 4.51. The summed E-state index contributed by atoms with van der Waals surface area (Å²) >= 11 is 3.38. The molecule has 1 saturated heterocycles. The molecule has 2 aromatic rings. The van der Waals surface area contributed by atoms with Crippen molar-refractivity contribution in [3.63, 3.8) is 0 Å². The zero-order chi connectivity index (χ0) is 20.2. The zero-order valence-electron chi connectivity index (χ0n) is 16.6. The zero-order valence-corrected chi connectivity index (χ0v) is 19.0. The number of carbonyl (C=O) groups is 1. The van der Waals surface area contributed by atoms with Crippen LogP contribution >= 0.6 is 28.3 Å². The fourth-order valence-electron chi connectivity index (χ4n) is 4.27. The lowest BCUT2D eigenvalue weighted by atomic mass is 9.86. The summed E-state index contributed by atoms with van der Waals surface area (Å²) in [5.41, 5.74) is 2.57. The molecule has 2 atom stereocenters. The van der Waals surface area contributed by atoms with Crippen LogP contribution in [0.15, 0.2) is 46.9 Å². The summed E-state index contributed by atoms with van der Waals surface area (Å²) in [6, 6.07) is 15.4. The van der Waals surface area contributed by atoms with Gasteiger partial charge in [0.05, 0.1) is 18.2 Å². The number of carbonyl (C=O) groups excluding carboxylic acids is 1. The Kier molecular flexibility index (Phi) is 7.76. The molecular formula is C23H25BrClN3O2. The Hall–Kier alpha value is -2.07. The van der Waals surface area contributed by atoms with Gasteiger partial charge >= 0.3 is 0 Å². The van der Waals surface area contributed by atoms with E-state index in [0.29, 0.717) is 29.5 Å². The van der Waals surface area contributed by atoms with Crippen molar-refractivity contribution >= 4 is 34.2 Å². The van der Waals surface area contributed by atoms with E-state index in [9.17, 15) is 10.1 Å². The lowest BCUT2D eigenvalue weighted by Crippen LogP contribution is -2.27. The van der Waals surface area contributed by atoms with Crippen LogP contribution in [0, 0.1) is 17.2 Å². The molecule has 2 heterocycles. The summed E-state index contributed by atoms with van der Waals surface area (Å²) in [5.74, 6) is 1.85. The second kappa shape index (κ2) is 10.3. The van der Waals surface area contributed by atoms with Crippen molar-refractivity contribution in [3.05, 3.63) is 63.6 Å². The van der Waals surface area contributed by atoms with Gasteiger partial charge in [-0.2, -0.15) is 5.26 Å². The number of fused-ring (bicyclic) bond motifs is 3. The average molecular weight is 491 g/mol. The molecular weight excluding hydrogens is 466 g/mol. The first kappa shape index (κ1) is 22.6. The Labute approximate surface area is 191 Å². The lowest BCUT2D eigenvalue weighted by molar-refractivity contribution is 0.0952. The maximum atomic E-state index is 12.1. The highest BCUT2D eigenvalue weighted by atomic mass is 79.9. The van der Waals surface area contributed by atoms with Gasteiger partial charge in [-0.25, -0.2) is 0 Å². The van der Waals surface area contributed by atoms with Gasteiger partial charge in [0.25, 0.3) is 5.91 Å². The number of amides is 1. The number of unbranched alkanes of at least 4 members (excludes halogenated alkanes) is 1. The molecule has 1 N–H and O–H groups in total. The number of ether oxygens (including phenoxy) is 1. The number of nitrogens with one attached hydrogen (secondary N) is 1. The molecule has 2 aromatic carbocycles. The van der Waals surface area contributed by atoms with Crippen LogP contribution in [-0.4, -0.2) is 43.6 Å². The van der Waals surface area contributed by atoms with Crippen LogP contribution in [0.4, 0.5) is 0 Å². The van der Waals surface area contributed by atoms with Crippen molar-refractivity contribution in [1.82, 2.24) is 10.2 Å². The first-order chi connectivity index (χ1) is 14.1. The summed E-state index contributed by atoms with van der Waals surface area (Å²) in [6.07, 6.45) is 2.01. The van der Waals surface area contributed by atoms with E-state index in [4.69, 9.17) is 4.74 Å². The van der Waals surface area contributed by atoms with Gasteiger partial charge in [-0.3, -0.25) is 4.79 Å². The van der Waals surface area contributed by atoms with Crippen LogP contribution in [0.1, 0.15) is 40.2 Å². The maximum Gasteiger partial charge on any atom is 0.251 e. The molecule has 30 heavy (non-hydrogen) atoms. The number of likely N-dealkylation sites (tertiary alicyclic amines) is 1. The normalized spacial score (nSPS) is 19.6. The van der Waals surface area contributed by atoms with Gasteiger partial charge in [0, 0.05) is 47.1 Å². The first-order valence-corrected chi connectivity index (χ1v) is 10.9. The maximum absolute atomic E-state index is 12.1. The largest absolute Gasteiger partial charge is 0.493 e. The Morgan fingerprint density at radius 3 is 2.77 bits per heavy atom. The summed E-state index contributed by atoms with van der Waals surface area (Å²) in [7, 11) is 0. The molecule has 0 spiro atoms. The lowest BCUT2D eigenvalue weighted by Gasteiger charge is -2.27. The minimum absolute atomic E-state index is 0. The van der Waals surface area contributed by atoms with Crippen LogP contribution in [0.5, 0.6) is 5.75 Å². The van der Waals surface area contributed by atoms with E-state index >= 15 is 0 Å². The SMILES string of the molecule is Cl.N#Cc1ccc2c(c1)[C@@H]1CN(CCCCNC(=O)c3ccc(Br)cc3)C[C@H]1CO2. The molecule has 7 heteroatoms. The van der Waals surface area contributed by atoms with Crippen molar-refractivity contribution in [2.75, 3.05) is 32.8 Å². The van der Waals surface area contributed by atoms with Crippen molar-refractivity contribution in [2.45, 2.75) is 18.8 Å². The number of nitrogens with zero attached hydrogens (tertiary/aromatic N) is 2. The smallest absolute Gasteiger partial charge is 0.251 e. The Bertz CT molecular complexity index is 929. The minimum atomic E-state index is -0.0215. The number of hydrogen-bond donors (Lipinski definition) is 1. The first-order valence-electron chi connectivity index (χ1n) is 10.1. The van der Waals surface area contributed by atoms with E-state index in [2.05, 4.69) is 32.2 Å². The Morgan fingerprint density at radius 1 is 1.20 bits per heavy atom. The number of nitriles is 1. The molecule has 0 aromatic heterocycles. The summed E-state index contributed by atoms with van der Waals surface area (Å²) < 4.78 is 6.89. The van der Waals surface area contributed by atoms with Gasteiger partial charge in [0.1, 0.15) is 5.75 Å². The molecule has 5 nitrogen and oxygen atoms in total. The van der Waals surface area contributed by atoms with Crippen LogP contribution in [0.3, 0.4) is 0 Å². The molecule has 0 aliphatic carbocycles. The van der Waals surface area contributed by atoms with Gasteiger partial charge < -0.3 is 15.0 Å². The minimum Gasteiger partial charge on any atom is -0.493 e. The van der Waals surface area contributed by atoms with Crippen LogP contribution in [0.25, 0.3) is 0 Å². The highest BCUT2D eigenvalue weighted by Gasteiger charge is 2.38. The monoisotopic (exact) mass is 489 g/mol. The van der Waals surface area contributed by atoms with E-state index < -0.39 is 0 Å². The van der Waals surface area contributed by atoms with Crippen molar-refractivity contribution in [3.8, 4) is 11.8 Å².